The average Bonchev–Trinajstić information content (AvgIpc) is 1.97. The number of allylic oxidation sites excluding steroid dienone is 2. The van der Waals surface area contributed by atoms with Crippen LogP contribution in [-0.2, 0) is 0 Å². The fourth-order valence-corrected chi connectivity index (χ4v) is 0.798. The zero-order chi connectivity index (χ0) is 9.78. The summed E-state index contributed by atoms with van der Waals surface area (Å²) in [5.41, 5.74) is 0.368. The molecule has 0 aromatic carbocycles. The van der Waals surface area contributed by atoms with Crippen molar-refractivity contribution in [2.75, 3.05) is 0 Å². The van der Waals surface area contributed by atoms with Gasteiger partial charge < -0.3 is 5.32 Å². The molecule has 0 aliphatic carbocycles. The number of hydrogen-bond donors (Lipinski definition) is 1. The number of rotatable bonds is 2. The smallest absolute Gasteiger partial charge is 0.128 e. The average molecular weight is 187 g/mol. The molecule has 0 spiro atoms. The molecule has 0 aliphatic rings. The zero-order valence-electron chi connectivity index (χ0n) is 8.03. The van der Waals surface area contributed by atoms with Crippen LogP contribution in [0.1, 0.15) is 34.1 Å². The first-order valence-electron chi connectivity index (χ1n) is 3.97. The molecule has 0 aromatic heterocycles. The lowest BCUT2D eigenvalue weighted by molar-refractivity contribution is 0.479. The predicted molar refractivity (Wildman–Crippen MR) is 51.7 cm³/mol. The van der Waals surface area contributed by atoms with Crippen molar-refractivity contribution in [2.45, 2.75) is 39.7 Å². The van der Waals surface area contributed by atoms with E-state index in [1.807, 2.05) is 33.8 Å². The molecule has 68 valence electrons. The summed E-state index contributed by atoms with van der Waals surface area (Å²) in [4.78, 5) is 0. The molecule has 0 rings (SSSR count). The minimum Gasteiger partial charge on any atom is -0.371 e. The van der Waals surface area contributed by atoms with Gasteiger partial charge in [0.1, 0.15) is 11.8 Å². The highest BCUT2D eigenvalue weighted by Crippen LogP contribution is 2.13. The SMILES string of the molecule is CC/C(Cl)=C(\C#N)NC(C)(C)C. The van der Waals surface area contributed by atoms with Crippen molar-refractivity contribution in [3.05, 3.63) is 10.7 Å². The molecular formula is C9H15ClN2. The van der Waals surface area contributed by atoms with Gasteiger partial charge in [0.25, 0.3) is 0 Å². The Labute approximate surface area is 79.2 Å². The first kappa shape index (κ1) is 11.3. The third-order valence-corrected chi connectivity index (χ3v) is 1.65. The minimum absolute atomic E-state index is 0.111. The van der Waals surface area contributed by atoms with Gasteiger partial charge in [-0.1, -0.05) is 18.5 Å². The summed E-state index contributed by atoms with van der Waals surface area (Å²) in [6.45, 7) is 7.89. The molecular weight excluding hydrogens is 172 g/mol. The lowest BCUT2D eigenvalue weighted by atomic mass is 10.1. The Morgan fingerprint density at radius 2 is 2.00 bits per heavy atom. The molecule has 0 radical (unpaired) electrons. The molecule has 0 aliphatic heterocycles. The number of nitrogens with one attached hydrogen (secondary N) is 1. The Morgan fingerprint density at radius 1 is 1.50 bits per heavy atom. The first-order valence-corrected chi connectivity index (χ1v) is 4.35. The zero-order valence-corrected chi connectivity index (χ0v) is 8.79. The molecule has 0 fully saturated rings. The van der Waals surface area contributed by atoms with Gasteiger partial charge in [-0.05, 0) is 27.2 Å². The van der Waals surface area contributed by atoms with Crippen LogP contribution in [0, 0.1) is 11.3 Å². The molecule has 0 bridgehead atoms. The van der Waals surface area contributed by atoms with E-state index in [0.717, 1.165) is 0 Å². The van der Waals surface area contributed by atoms with Crippen LogP contribution in [-0.4, -0.2) is 5.54 Å². The molecule has 1 N–H and O–H groups in total. The van der Waals surface area contributed by atoms with Crippen molar-refractivity contribution in [1.82, 2.24) is 5.32 Å². The van der Waals surface area contributed by atoms with Crippen LogP contribution in [0.25, 0.3) is 0 Å². The Balaban J connectivity index is 4.52. The molecule has 0 atom stereocenters. The lowest BCUT2D eigenvalue weighted by Crippen LogP contribution is -2.35. The molecule has 2 nitrogen and oxygen atoms in total. The summed E-state index contributed by atoms with van der Waals surface area (Å²) in [6.07, 6.45) is 0.688. The van der Waals surface area contributed by atoms with Crippen LogP contribution in [0.5, 0.6) is 0 Å². The summed E-state index contributed by atoms with van der Waals surface area (Å²) in [7, 11) is 0. The third-order valence-electron chi connectivity index (χ3n) is 1.19. The normalized spacial score (nSPS) is 13.3. The van der Waals surface area contributed by atoms with Crippen molar-refractivity contribution in [2.24, 2.45) is 0 Å². The maximum absolute atomic E-state index is 8.74. The van der Waals surface area contributed by atoms with Gasteiger partial charge in [-0.2, -0.15) is 5.26 Å². The monoisotopic (exact) mass is 186 g/mol. The number of hydrogen-bond acceptors (Lipinski definition) is 2. The molecule has 0 aromatic rings. The van der Waals surface area contributed by atoms with Crippen molar-refractivity contribution >= 4 is 11.6 Å². The van der Waals surface area contributed by atoms with E-state index in [1.165, 1.54) is 0 Å². The quantitative estimate of drug-likeness (QED) is 0.674. The molecule has 0 amide bonds. The maximum atomic E-state index is 8.74. The van der Waals surface area contributed by atoms with E-state index in [4.69, 9.17) is 16.9 Å². The largest absolute Gasteiger partial charge is 0.371 e. The van der Waals surface area contributed by atoms with Crippen LogP contribution in [0.15, 0.2) is 10.7 Å². The van der Waals surface area contributed by atoms with E-state index < -0.39 is 0 Å². The van der Waals surface area contributed by atoms with Crippen LogP contribution >= 0.6 is 11.6 Å². The van der Waals surface area contributed by atoms with Gasteiger partial charge >= 0.3 is 0 Å². The summed E-state index contributed by atoms with van der Waals surface area (Å²) in [6, 6.07) is 2.05. The lowest BCUT2D eigenvalue weighted by Gasteiger charge is -2.21. The summed E-state index contributed by atoms with van der Waals surface area (Å²) >= 11 is 5.83. The van der Waals surface area contributed by atoms with Crippen LogP contribution in [0.3, 0.4) is 0 Å². The van der Waals surface area contributed by atoms with E-state index in [-0.39, 0.29) is 5.54 Å². The summed E-state index contributed by atoms with van der Waals surface area (Å²) in [5.74, 6) is 0. The van der Waals surface area contributed by atoms with Gasteiger partial charge in [0.2, 0.25) is 0 Å². The second kappa shape index (κ2) is 4.37. The Hall–Kier alpha value is -0.680. The highest BCUT2D eigenvalue weighted by molar-refractivity contribution is 6.30. The van der Waals surface area contributed by atoms with E-state index in [9.17, 15) is 0 Å². The highest BCUT2D eigenvalue weighted by atomic mass is 35.5. The maximum Gasteiger partial charge on any atom is 0.128 e. The Bertz CT molecular complexity index is 218. The molecule has 0 heterocycles. The van der Waals surface area contributed by atoms with Gasteiger partial charge in [0, 0.05) is 5.54 Å². The van der Waals surface area contributed by atoms with Crippen molar-refractivity contribution in [1.29, 1.82) is 5.26 Å². The highest BCUT2D eigenvalue weighted by Gasteiger charge is 2.12. The van der Waals surface area contributed by atoms with Gasteiger partial charge in [-0.15, -0.1) is 0 Å². The van der Waals surface area contributed by atoms with Gasteiger partial charge in [-0.3, -0.25) is 0 Å². The van der Waals surface area contributed by atoms with Crippen molar-refractivity contribution in [3.8, 4) is 6.07 Å². The van der Waals surface area contributed by atoms with Crippen LogP contribution in [0.4, 0.5) is 0 Å². The second-order valence-electron chi connectivity index (χ2n) is 3.62. The van der Waals surface area contributed by atoms with Crippen LogP contribution < -0.4 is 5.32 Å². The molecule has 0 saturated carbocycles. The van der Waals surface area contributed by atoms with Gasteiger partial charge in [0.15, 0.2) is 0 Å². The fourth-order valence-electron chi connectivity index (χ4n) is 0.708. The standard InChI is InChI=1S/C9H15ClN2/c1-5-7(10)8(6-11)12-9(2,3)4/h12H,5H2,1-4H3/b8-7-. The molecule has 3 heteroatoms. The van der Waals surface area contributed by atoms with Gasteiger partial charge in [0.05, 0.1) is 5.03 Å². The third kappa shape index (κ3) is 4.25. The Morgan fingerprint density at radius 3 is 2.25 bits per heavy atom. The van der Waals surface area contributed by atoms with Crippen LogP contribution in [0.2, 0.25) is 0 Å². The molecule has 0 unspecified atom stereocenters. The minimum atomic E-state index is -0.111. The number of nitrogens with zero attached hydrogens (tertiary/aromatic N) is 1. The predicted octanol–water partition coefficient (Wildman–Crippen LogP) is 2.76. The van der Waals surface area contributed by atoms with Crippen molar-refractivity contribution < 1.29 is 0 Å². The van der Waals surface area contributed by atoms with Crippen molar-refractivity contribution in [3.63, 3.8) is 0 Å². The molecule has 0 saturated heterocycles. The molecule has 12 heavy (non-hydrogen) atoms. The summed E-state index contributed by atoms with van der Waals surface area (Å²) < 4.78 is 0. The number of halogens is 1. The summed E-state index contributed by atoms with van der Waals surface area (Å²) in [5, 5.41) is 12.4. The van der Waals surface area contributed by atoms with E-state index in [0.29, 0.717) is 17.2 Å². The number of nitriles is 1. The topological polar surface area (TPSA) is 35.8 Å². The van der Waals surface area contributed by atoms with E-state index in [1.54, 1.807) is 0 Å². The Kier molecular flexibility index (Phi) is 4.12. The fraction of sp³-hybridized carbons (Fsp3) is 0.667. The first-order chi connectivity index (χ1) is 5.40. The van der Waals surface area contributed by atoms with E-state index in [2.05, 4.69) is 5.32 Å². The van der Waals surface area contributed by atoms with E-state index >= 15 is 0 Å². The second-order valence-corrected chi connectivity index (χ2v) is 4.08. The van der Waals surface area contributed by atoms with Gasteiger partial charge in [-0.25, -0.2) is 0 Å².